The van der Waals surface area contributed by atoms with Crippen LogP contribution < -0.4 is 10.2 Å². The van der Waals surface area contributed by atoms with Gasteiger partial charge in [-0.25, -0.2) is 9.78 Å². The fourth-order valence-corrected chi connectivity index (χ4v) is 3.67. The van der Waals surface area contributed by atoms with Crippen LogP contribution >= 0.6 is 11.3 Å². The summed E-state index contributed by atoms with van der Waals surface area (Å²) in [5.74, 6) is 0. The van der Waals surface area contributed by atoms with Gasteiger partial charge >= 0.3 is 6.03 Å². The van der Waals surface area contributed by atoms with Crippen LogP contribution in [-0.2, 0) is 0 Å². The maximum Gasteiger partial charge on any atom is 0.317 e. The molecule has 1 fully saturated rings. The highest BCUT2D eigenvalue weighted by Crippen LogP contribution is 2.26. The zero-order chi connectivity index (χ0) is 17.1. The molecule has 3 heterocycles. The predicted octanol–water partition coefficient (Wildman–Crippen LogP) is 2.75. The Hall–Kier alpha value is -2.15. The van der Waals surface area contributed by atoms with Crippen molar-refractivity contribution in [2.45, 2.75) is 26.8 Å². The van der Waals surface area contributed by atoms with Crippen molar-refractivity contribution in [2.24, 2.45) is 0 Å². The number of amides is 2. The van der Waals surface area contributed by atoms with Crippen LogP contribution in [0.4, 0.5) is 9.93 Å². The number of hydrogen-bond acceptors (Lipinski definition) is 5. The summed E-state index contributed by atoms with van der Waals surface area (Å²) in [6.45, 7) is 9.21. The Kier molecular flexibility index (Phi) is 4.99. The van der Waals surface area contributed by atoms with Crippen LogP contribution in [0.15, 0.2) is 24.5 Å². The highest BCUT2D eigenvalue weighted by atomic mass is 32.1. The van der Waals surface area contributed by atoms with Gasteiger partial charge in [0.05, 0.1) is 11.7 Å². The van der Waals surface area contributed by atoms with E-state index >= 15 is 0 Å². The zero-order valence-corrected chi connectivity index (χ0v) is 15.1. The Bertz CT molecular complexity index is 675. The maximum atomic E-state index is 12.5. The van der Waals surface area contributed by atoms with Crippen LogP contribution in [0.25, 0.3) is 0 Å². The fraction of sp³-hybridized carbons (Fsp3) is 0.471. The maximum absolute atomic E-state index is 12.5. The van der Waals surface area contributed by atoms with Crippen LogP contribution in [-0.4, -0.2) is 47.1 Å². The van der Waals surface area contributed by atoms with Crippen LogP contribution in [0.3, 0.4) is 0 Å². The monoisotopic (exact) mass is 345 g/mol. The second kappa shape index (κ2) is 7.17. The van der Waals surface area contributed by atoms with Crippen LogP contribution in [0.1, 0.15) is 29.1 Å². The van der Waals surface area contributed by atoms with Gasteiger partial charge in [-0.15, -0.1) is 11.3 Å². The number of anilines is 1. The van der Waals surface area contributed by atoms with Crippen molar-refractivity contribution in [3.05, 3.63) is 40.7 Å². The molecule has 1 atom stereocenters. The molecule has 0 radical (unpaired) electrons. The third-order valence-corrected chi connectivity index (χ3v) is 5.53. The van der Waals surface area contributed by atoms with Gasteiger partial charge in [0.15, 0.2) is 5.13 Å². The van der Waals surface area contributed by atoms with E-state index in [4.69, 9.17) is 0 Å². The van der Waals surface area contributed by atoms with Gasteiger partial charge in [0.2, 0.25) is 0 Å². The van der Waals surface area contributed by atoms with Gasteiger partial charge in [-0.05, 0) is 38.5 Å². The SMILES string of the molecule is Cc1nc(N2CCN(C(=O)N[C@@H](C)c3ccncc3)CC2)sc1C. The predicted molar refractivity (Wildman–Crippen MR) is 96.6 cm³/mol. The number of hydrogen-bond donors (Lipinski definition) is 1. The molecule has 0 aromatic carbocycles. The van der Waals surface area contributed by atoms with Gasteiger partial charge < -0.3 is 15.1 Å². The van der Waals surface area contributed by atoms with E-state index in [2.05, 4.69) is 27.1 Å². The lowest BCUT2D eigenvalue weighted by atomic mass is 10.1. The molecule has 1 aliphatic rings. The van der Waals surface area contributed by atoms with Crippen molar-refractivity contribution in [2.75, 3.05) is 31.1 Å². The Morgan fingerprint density at radius 3 is 2.46 bits per heavy atom. The first kappa shape index (κ1) is 16.7. The summed E-state index contributed by atoms with van der Waals surface area (Å²) in [7, 11) is 0. The molecule has 0 aliphatic carbocycles. The van der Waals surface area contributed by atoms with Crippen molar-refractivity contribution < 1.29 is 4.79 Å². The molecular formula is C17H23N5OS. The number of rotatable bonds is 3. The summed E-state index contributed by atoms with van der Waals surface area (Å²) in [5, 5.41) is 4.13. The molecule has 1 N–H and O–H groups in total. The molecule has 128 valence electrons. The lowest BCUT2D eigenvalue weighted by molar-refractivity contribution is 0.191. The molecule has 0 bridgehead atoms. The van der Waals surface area contributed by atoms with E-state index in [1.54, 1.807) is 23.7 Å². The molecule has 2 aromatic heterocycles. The number of nitrogens with one attached hydrogen (secondary N) is 1. The molecule has 0 saturated carbocycles. The number of carbonyl (C=O) groups excluding carboxylic acids is 1. The van der Waals surface area contributed by atoms with E-state index in [0.29, 0.717) is 13.1 Å². The average molecular weight is 345 g/mol. The second-order valence-corrected chi connectivity index (χ2v) is 7.25. The molecule has 2 aromatic rings. The highest BCUT2D eigenvalue weighted by molar-refractivity contribution is 7.15. The van der Waals surface area contributed by atoms with E-state index in [0.717, 1.165) is 29.5 Å². The minimum Gasteiger partial charge on any atom is -0.345 e. The number of carbonyl (C=O) groups is 1. The second-order valence-electron chi connectivity index (χ2n) is 6.06. The van der Waals surface area contributed by atoms with E-state index in [-0.39, 0.29) is 12.1 Å². The van der Waals surface area contributed by atoms with Crippen molar-refractivity contribution >= 4 is 22.5 Å². The summed E-state index contributed by atoms with van der Waals surface area (Å²) in [4.78, 5) is 26.5. The van der Waals surface area contributed by atoms with Crippen molar-refractivity contribution in [1.82, 2.24) is 20.2 Å². The molecule has 24 heavy (non-hydrogen) atoms. The standard InChI is InChI=1S/C17H23N5OS/c1-12-14(3)24-17(20-12)22-10-8-21(9-11-22)16(23)19-13(2)15-4-6-18-7-5-15/h4-7,13H,8-11H2,1-3H3,(H,19,23)/t13-/m0/s1. The minimum absolute atomic E-state index is 0.00883. The molecule has 6 nitrogen and oxygen atoms in total. The van der Waals surface area contributed by atoms with E-state index < -0.39 is 0 Å². The van der Waals surface area contributed by atoms with E-state index in [1.165, 1.54) is 4.88 Å². The highest BCUT2D eigenvalue weighted by Gasteiger charge is 2.24. The minimum atomic E-state index is -0.0252. The molecule has 7 heteroatoms. The summed E-state index contributed by atoms with van der Waals surface area (Å²) in [5.41, 5.74) is 2.16. The Morgan fingerprint density at radius 2 is 1.88 bits per heavy atom. The Morgan fingerprint density at radius 1 is 1.21 bits per heavy atom. The van der Waals surface area contributed by atoms with Gasteiger partial charge in [0, 0.05) is 43.4 Å². The summed E-state index contributed by atoms with van der Waals surface area (Å²) < 4.78 is 0. The first-order valence-electron chi connectivity index (χ1n) is 8.19. The smallest absolute Gasteiger partial charge is 0.317 e. The molecule has 0 unspecified atom stereocenters. The number of nitrogens with zero attached hydrogens (tertiary/aromatic N) is 4. The van der Waals surface area contributed by atoms with Gasteiger partial charge in [-0.2, -0.15) is 0 Å². The van der Waals surface area contributed by atoms with Gasteiger partial charge in [0.25, 0.3) is 0 Å². The Labute approximate surface area is 146 Å². The van der Waals surface area contributed by atoms with Crippen molar-refractivity contribution in [3.8, 4) is 0 Å². The van der Waals surface area contributed by atoms with Crippen molar-refractivity contribution in [1.29, 1.82) is 0 Å². The number of thiazole rings is 1. The molecular weight excluding hydrogens is 322 g/mol. The first-order valence-corrected chi connectivity index (χ1v) is 9.00. The average Bonchev–Trinajstić information content (AvgIpc) is 2.95. The number of urea groups is 1. The van der Waals surface area contributed by atoms with E-state index in [9.17, 15) is 4.79 Å². The normalized spacial score (nSPS) is 16.1. The molecule has 1 saturated heterocycles. The lowest BCUT2D eigenvalue weighted by Gasteiger charge is -2.35. The Balaban J connectivity index is 1.53. The number of pyridine rings is 1. The van der Waals surface area contributed by atoms with Crippen LogP contribution in [0.2, 0.25) is 0 Å². The summed E-state index contributed by atoms with van der Waals surface area (Å²) in [6.07, 6.45) is 3.49. The van der Waals surface area contributed by atoms with Crippen LogP contribution in [0, 0.1) is 13.8 Å². The van der Waals surface area contributed by atoms with Gasteiger partial charge in [-0.3, -0.25) is 4.98 Å². The fourth-order valence-electron chi connectivity index (χ4n) is 2.70. The third kappa shape index (κ3) is 3.67. The molecule has 0 spiro atoms. The summed E-state index contributed by atoms with van der Waals surface area (Å²) >= 11 is 1.73. The van der Waals surface area contributed by atoms with E-state index in [1.807, 2.05) is 30.9 Å². The molecule has 2 amide bonds. The number of piperazine rings is 1. The number of aromatic nitrogens is 2. The first-order chi connectivity index (χ1) is 11.5. The largest absolute Gasteiger partial charge is 0.345 e. The van der Waals surface area contributed by atoms with Crippen molar-refractivity contribution in [3.63, 3.8) is 0 Å². The molecule has 1 aliphatic heterocycles. The topological polar surface area (TPSA) is 61.4 Å². The summed E-state index contributed by atoms with van der Waals surface area (Å²) in [6, 6.07) is 3.82. The van der Waals surface area contributed by atoms with Gasteiger partial charge in [0.1, 0.15) is 0 Å². The van der Waals surface area contributed by atoms with Crippen LogP contribution in [0.5, 0.6) is 0 Å². The quantitative estimate of drug-likeness (QED) is 0.929. The molecule has 3 rings (SSSR count). The number of aryl methyl sites for hydroxylation is 2. The zero-order valence-electron chi connectivity index (χ0n) is 14.3. The third-order valence-electron chi connectivity index (χ3n) is 4.40. The lowest BCUT2D eigenvalue weighted by Crippen LogP contribution is -2.52. The van der Waals surface area contributed by atoms with Gasteiger partial charge in [-0.1, -0.05) is 0 Å².